The van der Waals surface area contributed by atoms with Crippen molar-refractivity contribution in [3.63, 3.8) is 0 Å². The number of hydrogen-bond donors (Lipinski definition) is 0. The Morgan fingerprint density at radius 3 is 2.06 bits per heavy atom. The highest BCUT2D eigenvalue weighted by molar-refractivity contribution is 5.45. The average molecular weight is 437 g/mol. The van der Waals surface area contributed by atoms with Gasteiger partial charge in [-0.3, -0.25) is 9.80 Å². The van der Waals surface area contributed by atoms with E-state index in [1.54, 1.807) is 0 Å². The van der Waals surface area contributed by atoms with Crippen LogP contribution in [0.4, 0.5) is 0 Å². The first kappa shape index (κ1) is 20.2. The summed E-state index contributed by atoms with van der Waals surface area (Å²) in [6, 6.07) is 13.3. The van der Waals surface area contributed by atoms with Gasteiger partial charge in [-0.2, -0.15) is 0 Å². The summed E-state index contributed by atoms with van der Waals surface area (Å²) in [7, 11) is 0. The zero-order valence-corrected chi connectivity index (χ0v) is 18.8. The largest absolute Gasteiger partial charge is 0.454 e. The van der Waals surface area contributed by atoms with Crippen LogP contribution in [0, 0.1) is 11.8 Å². The van der Waals surface area contributed by atoms with Gasteiger partial charge >= 0.3 is 0 Å². The standard InChI is InChI=1S/C26H32N2O4/c1-2-20-14-28-8-7-21(20)11-22(28)15-27(12-18-3-5-23-25(9-18)31-16-29-23)13-19-4-6-24-26(10-19)32-17-30-24/h3-6,9-10,20-22H,2,7-8,11-17H2,1H3. The molecule has 2 bridgehead atoms. The van der Waals surface area contributed by atoms with E-state index >= 15 is 0 Å². The number of fused-ring (bicyclic) bond motifs is 5. The van der Waals surface area contributed by atoms with Crippen molar-refractivity contribution in [2.24, 2.45) is 11.8 Å². The van der Waals surface area contributed by atoms with Gasteiger partial charge in [-0.25, -0.2) is 0 Å². The molecule has 4 unspecified atom stereocenters. The maximum absolute atomic E-state index is 5.62. The molecule has 5 aliphatic rings. The van der Waals surface area contributed by atoms with Gasteiger partial charge in [0.1, 0.15) is 0 Å². The van der Waals surface area contributed by atoms with Crippen LogP contribution >= 0.6 is 0 Å². The molecule has 5 aliphatic heterocycles. The number of nitrogens with zero attached hydrogens (tertiary/aromatic N) is 2. The summed E-state index contributed by atoms with van der Waals surface area (Å²) in [6.45, 7) is 8.37. The Kier molecular flexibility index (Phi) is 5.35. The lowest BCUT2D eigenvalue weighted by molar-refractivity contribution is -0.0161. The third-order valence-electron chi connectivity index (χ3n) is 7.69. The van der Waals surface area contributed by atoms with E-state index in [2.05, 4.69) is 41.0 Å². The SMILES string of the molecule is CCC1CN2CCC1CC2CN(Cc1ccc2c(c1)OCO2)Cc1ccc2c(c1)OCO2. The van der Waals surface area contributed by atoms with Crippen LogP contribution in [-0.4, -0.2) is 49.1 Å². The van der Waals surface area contributed by atoms with E-state index in [4.69, 9.17) is 18.9 Å². The molecule has 2 aromatic rings. The van der Waals surface area contributed by atoms with Crippen molar-refractivity contribution in [2.75, 3.05) is 33.2 Å². The second-order valence-electron chi connectivity index (χ2n) is 9.65. The van der Waals surface area contributed by atoms with E-state index in [-0.39, 0.29) is 0 Å². The summed E-state index contributed by atoms with van der Waals surface area (Å²) in [5.74, 6) is 5.19. The fourth-order valence-electron chi connectivity index (χ4n) is 5.98. The molecule has 6 heteroatoms. The van der Waals surface area contributed by atoms with Crippen LogP contribution in [-0.2, 0) is 13.1 Å². The Hall–Kier alpha value is -2.44. The van der Waals surface area contributed by atoms with Crippen LogP contribution in [0.15, 0.2) is 36.4 Å². The molecular formula is C26H32N2O4. The summed E-state index contributed by atoms with van der Waals surface area (Å²) >= 11 is 0. The van der Waals surface area contributed by atoms with E-state index in [0.29, 0.717) is 19.6 Å². The summed E-state index contributed by atoms with van der Waals surface area (Å²) in [5.41, 5.74) is 2.52. The van der Waals surface area contributed by atoms with Gasteiger partial charge in [0, 0.05) is 32.2 Å². The van der Waals surface area contributed by atoms with Crippen LogP contribution in [0.1, 0.15) is 37.3 Å². The number of ether oxygens (including phenoxy) is 4. The second kappa shape index (κ2) is 8.49. The first-order valence-electron chi connectivity index (χ1n) is 12.0. The van der Waals surface area contributed by atoms with Gasteiger partial charge in [0.05, 0.1) is 0 Å². The topological polar surface area (TPSA) is 43.4 Å². The van der Waals surface area contributed by atoms with Gasteiger partial charge in [-0.15, -0.1) is 0 Å². The lowest BCUT2D eigenvalue weighted by Gasteiger charge is -2.51. The summed E-state index contributed by atoms with van der Waals surface area (Å²) < 4.78 is 22.3. The van der Waals surface area contributed by atoms with Gasteiger partial charge in [0.25, 0.3) is 0 Å². The predicted molar refractivity (Wildman–Crippen MR) is 121 cm³/mol. The third kappa shape index (κ3) is 3.90. The van der Waals surface area contributed by atoms with Gasteiger partial charge in [-0.1, -0.05) is 25.5 Å². The molecule has 0 aliphatic carbocycles. The molecular weight excluding hydrogens is 404 g/mol. The minimum atomic E-state index is 0.316. The normalized spacial score (nSPS) is 27.3. The lowest BCUT2D eigenvalue weighted by Crippen LogP contribution is -2.56. The van der Waals surface area contributed by atoms with Crippen molar-refractivity contribution >= 4 is 0 Å². The number of piperidine rings is 3. The molecule has 7 rings (SSSR count). The van der Waals surface area contributed by atoms with Crippen molar-refractivity contribution in [1.29, 1.82) is 0 Å². The zero-order chi connectivity index (χ0) is 21.5. The first-order chi connectivity index (χ1) is 15.7. The Balaban J connectivity index is 1.21. The van der Waals surface area contributed by atoms with E-state index in [9.17, 15) is 0 Å². The summed E-state index contributed by atoms with van der Waals surface area (Å²) in [5, 5.41) is 0. The van der Waals surface area contributed by atoms with E-state index < -0.39 is 0 Å². The molecule has 5 heterocycles. The van der Waals surface area contributed by atoms with Crippen molar-refractivity contribution in [3.8, 4) is 23.0 Å². The lowest BCUT2D eigenvalue weighted by atomic mass is 9.74. The highest BCUT2D eigenvalue weighted by atomic mass is 16.7. The summed E-state index contributed by atoms with van der Waals surface area (Å²) in [4.78, 5) is 5.34. The number of hydrogen-bond acceptors (Lipinski definition) is 6. The molecule has 170 valence electrons. The first-order valence-corrected chi connectivity index (χ1v) is 12.0. The van der Waals surface area contributed by atoms with Crippen LogP contribution < -0.4 is 18.9 Å². The number of benzene rings is 2. The van der Waals surface area contributed by atoms with Gasteiger partial charge < -0.3 is 18.9 Å². The molecule has 0 N–H and O–H groups in total. The second-order valence-corrected chi connectivity index (χ2v) is 9.65. The molecule has 0 aromatic heterocycles. The molecule has 2 aromatic carbocycles. The highest BCUT2D eigenvalue weighted by Crippen LogP contribution is 2.39. The van der Waals surface area contributed by atoms with E-state index in [1.165, 1.54) is 43.5 Å². The van der Waals surface area contributed by atoms with Crippen LogP contribution in [0.25, 0.3) is 0 Å². The van der Waals surface area contributed by atoms with E-state index in [0.717, 1.165) is 54.5 Å². The van der Waals surface area contributed by atoms with Crippen LogP contribution in [0.2, 0.25) is 0 Å². The number of rotatable bonds is 7. The fraction of sp³-hybridized carbons (Fsp3) is 0.538. The maximum Gasteiger partial charge on any atom is 0.231 e. The van der Waals surface area contributed by atoms with Gasteiger partial charge in [0.2, 0.25) is 13.6 Å². The van der Waals surface area contributed by atoms with Crippen LogP contribution in [0.3, 0.4) is 0 Å². The quantitative estimate of drug-likeness (QED) is 0.646. The molecule has 0 spiro atoms. The zero-order valence-electron chi connectivity index (χ0n) is 18.8. The fourth-order valence-corrected chi connectivity index (χ4v) is 5.98. The van der Waals surface area contributed by atoms with Crippen molar-refractivity contribution in [1.82, 2.24) is 9.80 Å². The van der Waals surface area contributed by atoms with Crippen molar-refractivity contribution in [3.05, 3.63) is 47.5 Å². The molecule has 3 saturated heterocycles. The Morgan fingerprint density at radius 2 is 1.50 bits per heavy atom. The predicted octanol–water partition coefficient (Wildman–Crippen LogP) is 4.27. The molecule has 3 fully saturated rings. The average Bonchev–Trinajstić information content (AvgIpc) is 3.48. The third-order valence-corrected chi connectivity index (χ3v) is 7.69. The molecule has 0 radical (unpaired) electrons. The minimum absolute atomic E-state index is 0.316. The van der Waals surface area contributed by atoms with Crippen molar-refractivity contribution < 1.29 is 18.9 Å². The molecule has 32 heavy (non-hydrogen) atoms. The Labute approximate surface area is 190 Å². The van der Waals surface area contributed by atoms with Gasteiger partial charge in [-0.05, 0) is 66.6 Å². The van der Waals surface area contributed by atoms with Crippen molar-refractivity contribution in [2.45, 2.75) is 45.3 Å². The molecule has 0 amide bonds. The molecule has 0 saturated carbocycles. The van der Waals surface area contributed by atoms with Gasteiger partial charge in [0.15, 0.2) is 23.0 Å². The molecule has 6 nitrogen and oxygen atoms in total. The van der Waals surface area contributed by atoms with E-state index in [1.807, 2.05) is 12.1 Å². The highest BCUT2D eigenvalue weighted by Gasteiger charge is 2.39. The summed E-state index contributed by atoms with van der Waals surface area (Å²) in [6.07, 6.45) is 4.02. The maximum atomic E-state index is 5.62. The Morgan fingerprint density at radius 1 is 0.875 bits per heavy atom. The Bertz CT molecular complexity index is 921. The minimum Gasteiger partial charge on any atom is -0.454 e. The molecule has 4 atom stereocenters. The smallest absolute Gasteiger partial charge is 0.231 e. The monoisotopic (exact) mass is 436 g/mol. The van der Waals surface area contributed by atoms with Crippen LogP contribution in [0.5, 0.6) is 23.0 Å².